The van der Waals surface area contributed by atoms with Crippen LogP contribution in [0.4, 0.5) is 0 Å². The highest BCUT2D eigenvalue weighted by Crippen LogP contribution is 2.33. The van der Waals surface area contributed by atoms with E-state index < -0.39 is 9.84 Å². The highest BCUT2D eigenvalue weighted by atomic mass is 32.2. The molecule has 0 saturated heterocycles. The third kappa shape index (κ3) is 2.26. The van der Waals surface area contributed by atoms with Crippen LogP contribution in [0.15, 0.2) is 68.9 Å². The lowest BCUT2D eigenvalue weighted by Gasteiger charge is -2.10. The van der Waals surface area contributed by atoms with Gasteiger partial charge in [-0.3, -0.25) is 4.98 Å². The summed E-state index contributed by atoms with van der Waals surface area (Å²) in [5.41, 5.74) is 2.28. The number of fused-ring (bicyclic) bond motifs is 4. The van der Waals surface area contributed by atoms with Gasteiger partial charge in [-0.1, -0.05) is 18.2 Å². The molecule has 5 rings (SSSR count). The monoisotopic (exact) mass is 364 g/mol. The van der Waals surface area contributed by atoms with Crippen LogP contribution in [0.1, 0.15) is 11.3 Å². The summed E-state index contributed by atoms with van der Waals surface area (Å²) in [5.74, 6) is 0.896. The van der Waals surface area contributed by atoms with Gasteiger partial charge in [-0.15, -0.1) is 0 Å². The van der Waals surface area contributed by atoms with Gasteiger partial charge >= 0.3 is 0 Å². The molecule has 2 aromatic carbocycles. The van der Waals surface area contributed by atoms with E-state index in [1.165, 1.54) is 5.56 Å². The van der Waals surface area contributed by atoms with Gasteiger partial charge in [0.1, 0.15) is 11.3 Å². The number of aromatic nitrogens is 1. The first-order valence-electron chi connectivity index (χ1n) is 8.48. The topological polar surface area (TPSA) is 72.2 Å². The number of sulfone groups is 1. The van der Waals surface area contributed by atoms with Gasteiger partial charge in [0.05, 0.1) is 21.9 Å². The molecule has 2 aromatic heterocycles. The molecule has 5 nitrogen and oxygen atoms in total. The molecule has 0 bridgehead atoms. The largest absolute Gasteiger partial charge is 0.459 e. The molecule has 26 heavy (non-hydrogen) atoms. The van der Waals surface area contributed by atoms with E-state index in [4.69, 9.17) is 4.42 Å². The molecule has 0 atom stereocenters. The van der Waals surface area contributed by atoms with Gasteiger partial charge in [0.25, 0.3) is 0 Å². The van der Waals surface area contributed by atoms with Crippen LogP contribution in [0.2, 0.25) is 0 Å². The van der Waals surface area contributed by atoms with Gasteiger partial charge in [-0.05, 0) is 37.2 Å². The van der Waals surface area contributed by atoms with E-state index in [1.807, 2.05) is 18.2 Å². The van der Waals surface area contributed by atoms with Crippen molar-refractivity contribution in [2.45, 2.75) is 22.8 Å². The summed E-state index contributed by atoms with van der Waals surface area (Å²) in [7, 11) is -3.70. The van der Waals surface area contributed by atoms with Crippen LogP contribution in [-0.2, 0) is 22.8 Å². The standard InChI is InChI=1S/C20H16N2O3S/c23-26(24,19-5-1-3-13-4-2-9-22-20(13)19)14-6-7-15-16-8-10-21-12-18(16)25-17(15)11-14/h1-7,9,11,21H,8,10,12H2. The second-order valence-electron chi connectivity index (χ2n) is 6.42. The summed E-state index contributed by atoms with van der Waals surface area (Å²) in [4.78, 5) is 4.72. The fourth-order valence-corrected chi connectivity index (χ4v) is 5.05. The lowest BCUT2D eigenvalue weighted by Crippen LogP contribution is -2.22. The molecule has 0 unspecified atom stereocenters. The maximum absolute atomic E-state index is 13.2. The summed E-state index contributed by atoms with van der Waals surface area (Å²) in [5, 5.41) is 5.07. The molecule has 0 aliphatic carbocycles. The van der Waals surface area contributed by atoms with Crippen molar-refractivity contribution in [2.75, 3.05) is 6.54 Å². The average Bonchev–Trinajstić information content (AvgIpc) is 3.05. The predicted octanol–water partition coefficient (Wildman–Crippen LogP) is 3.46. The maximum atomic E-state index is 13.2. The number of rotatable bonds is 2. The van der Waals surface area contributed by atoms with E-state index in [0.29, 0.717) is 17.6 Å². The second kappa shape index (κ2) is 5.65. The summed E-state index contributed by atoms with van der Waals surface area (Å²) >= 11 is 0. The van der Waals surface area contributed by atoms with E-state index in [2.05, 4.69) is 10.3 Å². The Hall–Kier alpha value is -2.70. The lowest BCUT2D eigenvalue weighted by atomic mass is 10.1. The third-order valence-corrected chi connectivity index (χ3v) is 6.66. The van der Waals surface area contributed by atoms with Crippen LogP contribution < -0.4 is 5.32 Å². The summed E-state index contributed by atoms with van der Waals surface area (Å²) in [6, 6.07) is 14.0. The first-order chi connectivity index (χ1) is 12.6. The van der Waals surface area contributed by atoms with Crippen molar-refractivity contribution in [2.24, 2.45) is 0 Å². The number of hydrogen-bond acceptors (Lipinski definition) is 5. The molecule has 0 saturated carbocycles. The molecule has 6 heteroatoms. The minimum absolute atomic E-state index is 0.216. The SMILES string of the molecule is O=S(=O)(c1ccc2c3c(oc2c1)CNCC3)c1cccc2cccnc12. The highest BCUT2D eigenvalue weighted by molar-refractivity contribution is 7.91. The minimum atomic E-state index is -3.70. The fraction of sp³-hybridized carbons (Fsp3) is 0.150. The molecule has 4 aromatic rings. The predicted molar refractivity (Wildman–Crippen MR) is 98.8 cm³/mol. The van der Waals surface area contributed by atoms with Crippen LogP contribution in [-0.4, -0.2) is 19.9 Å². The zero-order valence-electron chi connectivity index (χ0n) is 13.9. The van der Waals surface area contributed by atoms with Crippen molar-refractivity contribution in [1.82, 2.24) is 10.3 Å². The number of furan rings is 1. The second-order valence-corrected chi connectivity index (χ2v) is 8.34. The first-order valence-corrected chi connectivity index (χ1v) is 9.97. The van der Waals surface area contributed by atoms with Crippen LogP contribution >= 0.6 is 0 Å². The van der Waals surface area contributed by atoms with E-state index in [9.17, 15) is 8.42 Å². The number of pyridine rings is 1. The number of para-hydroxylation sites is 1. The Morgan fingerprint density at radius 3 is 2.88 bits per heavy atom. The molecule has 130 valence electrons. The van der Waals surface area contributed by atoms with Gasteiger partial charge in [-0.25, -0.2) is 8.42 Å². The molecule has 0 radical (unpaired) electrons. The number of hydrogen-bond donors (Lipinski definition) is 1. The van der Waals surface area contributed by atoms with Gasteiger partial charge in [0, 0.05) is 28.6 Å². The zero-order chi connectivity index (χ0) is 17.7. The van der Waals surface area contributed by atoms with E-state index in [1.54, 1.807) is 36.5 Å². The van der Waals surface area contributed by atoms with Crippen LogP contribution in [0.25, 0.3) is 21.9 Å². The molecule has 1 aliphatic heterocycles. The normalized spacial score (nSPS) is 14.6. The summed E-state index contributed by atoms with van der Waals surface area (Å²) < 4.78 is 32.4. The Bertz CT molecular complexity index is 1250. The number of benzene rings is 2. The Morgan fingerprint density at radius 2 is 1.96 bits per heavy atom. The minimum Gasteiger partial charge on any atom is -0.459 e. The molecular formula is C20H16N2O3S. The summed E-state index contributed by atoms with van der Waals surface area (Å²) in [6.45, 7) is 1.59. The van der Waals surface area contributed by atoms with Crippen molar-refractivity contribution in [3.8, 4) is 0 Å². The number of nitrogens with one attached hydrogen (secondary N) is 1. The smallest absolute Gasteiger partial charge is 0.208 e. The quantitative estimate of drug-likeness (QED) is 0.590. The van der Waals surface area contributed by atoms with Crippen molar-refractivity contribution in [3.05, 3.63) is 66.1 Å². The highest BCUT2D eigenvalue weighted by Gasteiger charge is 2.24. The van der Waals surface area contributed by atoms with Crippen molar-refractivity contribution < 1.29 is 12.8 Å². The van der Waals surface area contributed by atoms with Gasteiger partial charge in [-0.2, -0.15) is 0 Å². The van der Waals surface area contributed by atoms with Crippen molar-refractivity contribution >= 4 is 31.7 Å². The van der Waals surface area contributed by atoms with Gasteiger partial charge in [0.15, 0.2) is 0 Å². The molecular weight excluding hydrogens is 348 g/mol. The molecule has 0 fully saturated rings. The molecule has 0 spiro atoms. The van der Waals surface area contributed by atoms with Crippen molar-refractivity contribution in [1.29, 1.82) is 0 Å². The van der Waals surface area contributed by atoms with Crippen LogP contribution in [0, 0.1) is 0 Å². The van der Waals surface area contributed by atoms with E-state index in [-0.39, 0.29) is 9.79 Å². The maximum Gasteiger partial charge on any atom is 0.208 e. The Kier molecular flexibility index (Phi) is 3.38. The average molecular weight is 364 g/mol. The van der Waals surface area contributed by atoms with Gasteiger partial charge < -0.3 is 9.73 Å². The van der Waals surface area contributed by atoms with Crippen LogP contribution in [0.3, 0.4) is 0 Å². The Balaban J connectivity index is 1.70. The molecule has 3 heterocycles. The fourth-order valence-electron chi connectivity index (χ4n) is 3.60. The van der Waals surface area contributed by atoms with E-state index >= 15 is 0 Å². The van der Waals surface area contributed by atoms with Crippen LogP contribution in [0.5, 0.6) is 0 Å². The third-order valence-electron chi connectivity index (χ3n) is 4.88. The number of nitrogens with zero attached hydrogens (tertiary/aromatic N) is 1. The van der Waals surface area contributed by atoms with Crippen molar-refractivity contribution in [3.63, 3.8) is 0 Å². The lowest BCUT2D eigenvalue weighted by molar-refractivity contribution is 0.487. The Morgan fingerprint density at radius 1 is 1.08 bits per heavy atom. The molecule has 0 amide bonds. The molecule has 1 aliphatic rings. The molecule has 1 N–H and O–H groups in total. The zero-order valence-corrected chi connectivity index (χ0v) is 14.7. The first kappa shape index (κ1) is 15.5. The Labute approximate surface area is 150 Å². The van der Waals surface area contributed by atoms with Gasteiger partial charge in [0.2, 0.25) is 9.84 Å². The van der Waals surface area contributed by atoms with E-state index in [0.717, 1.165) is 29.5 Å². The summed E-state index contributed by atoms with van der Waals surface area (Å²) in [6.07, 6.45) is 2.50.